The number of rotatable bonds is 4. The van der Waals surface area contributed by atoms with E-state index >= 15 is 0 Å². The van der Waals surface area contributed by atoms with Crippen LogP contribution in [0.2, 0.25) is 5.02 Å². The number of hydrogen-bond donors (Lipinski definition) is 0. The Bertz CT molecular complexity index is 775. The SMILES string of the molecule is Cc1noc(C)c1CSc1nnc(-c2ccc(Cl)cc2)n1C. The number of aryl methyl sites for hydroxylation is 2. The lowest BCUT2D eigenvalue weighted by atomic mass is 10.2. The van der Waals surface area contributed by atoms with Gasteiger partial charge in [-0.3, -0.25) is 0 Å². The summed E-state index contributed by atoms with van der Waals surface area (Å²) in [4.78, 5) is 0. The van der Waals surface area contributed by atoms with Gasteiger partial charge in [0.05, 0.1) is 5.69 Å². The van der Waals surface area contributed by atoms with Gasteiger partial charge in [0.25, 0.3) is 0 Å². The van der Waals surface area contributed by atoms with E-state index in [-0.39, 0.29) is 0 Å². The third kappa shape index (κ3) is 2.89. The van der Waals surface area contributed by atoms with Crippen molar-refractivity contribution >= 4 is 23.4 Å². The van der Waals surface area contributed by atoms with Gasteiger partial charge in [-0.15, -0.1) is 10.2 Å². The summed E-state index contributed by atoms with van der Waals surface area (Å²) in [6, 6.07) is 7.58. The molecule has 1 aromatic carbocycles. The van der Waals surface area contributed by atoms with E-state index in [9.17, 15) is 0 Å². The Morgan fingerprint density at radius 1 is 1.18 bits per heavy atom. The highest BCUT2D eigenvalue weighted by atomic mass is 35.5. The van der Waals surface area contributed by atoms with E-state index in [1.807, 2.05) is 49.7 Å². The van der Waals surface area contributed by atoms with Crippen molar-refractivity contribution in [1.29, 1.82) is 0 Å². The van der Waals surface area contributed by atoms with Gasteiger partial charge in [0.1, 0.15) is 5.76 Å². The average molecular weight is 335 g/mol. The molecule has 0 spiro atoms. The Labute approximate surface area is 137 Å². The molecule has 0 aliphatic carbocycles. The van der Waals surface area contributed by atoms with Crippen molar-refractivity contribution in [3.8, 4) is 11.4 Å². The third-order valence-corrected chi connectivity index (χ3v) is 4.76. The monoisotopic (exact) mass is 334 g/mol. The molecule has 0 saturated heterocycles. The summed E-state index contributed by atoms with van der Waals surface area (Å²) in [5.74, 6) is 2.43. The smallest absolute Gasteiger partial charge is 0.191 e. The lowest BCUT2D eigenvalue weighted by Gasteiger charge is -2.04. The van der Waals surface area contributed by atoms with Crippen molar-refractivity contribution in [3.63, 3.8) is 0 Å². The second kappa shape index (κ2) is 6.14. The number of thioether (sulfide) groups is 1. The van der Waals surface area contributed by atoms with E-state index in [0.29, 0.717) is 5.02 Å². The summed E-state index contributed by atoms with van der Waals surface area (Å²) in [5, 5.41) is 14.1. The molecule has 0 N–H and O–H groups in total. The summed E-state index contributed by atoms with van der Waals surface area (Å²) in [6.45, 7) is 3.87. The number of benzene rings is 1. The molecule has 2 aromatic heterocycles. The van der Waals surface area contributed by atoms with Crippen LogP contribution in [0.3, 0.4) is 0 Å². The Hall–Kier alpha value is -1.79. The van der Waals surface area contributed by atoms with Gasteiger partial charge in [-0.25, -0.2) is 0 Å². The Kier molecular flexibility index (Phi) is 4.22. The molecule has 5 nitrogen and oxygen atoms in total. The van der Waals surface area contributed by atoms with Crippen LogP contribution in [0.5, 0.6) is 0 Å². The highest BCUT2D eigenvalue weighted by molar-refractivity contribution is 7.98. The van der Waals surface area contributed by atoms with E-state index in [1.165, 1.54) is 0 Å². The van der Waals surface area contributed by atoms with Crippen LogP contribution in [0.4, 0.5) is 0 Å². The summed E-state index contributed by atoms with van der Waals surface area (Å²) < 4.78 is 7.16. The van der Waals surface area contributed by atoms with Crippen molar-refractivity contribution < 1.29 is 4.52 Å². The van der Waals surface area contributed by atoms with Crippen molar-refractivity contribution in [2.24, 2.45) is 7.05 Å². The molecule has 0 saturated carbocycles. The van der Waals surface area contributed by atoms with Crippen LogP contribution in [0.25, 0.3) is 11.4 Å². The third-order valence-electron chi connectivity index (χ3n) is 3.46. The normalized spacial score (nSPS) is 11.1. The Morgan fingerprint density at radius 3 is 2.55 bits per heavy atom. The topological polar surface area (TPSA) is 56.7 Å². The van der Waals surface area contributed by atoms with Crippen molar-refractivity contribution in [2.45, 2.75) is 24.8 Å². The summed E-state index contributed by atoms with van der Waals surface area (Å²) in [6.07, 6.45) is 0. The van der Waals surface area contributed by atoms with Crippen molar-refractivity contribution in [3.05, 3.63) is 46.3 Å². The molecule has 0 amide bonds. The molecule has 0 atom stereocenters. The lowest BCUT2D eigenvalue weighted by molar-refractivity contribution is 0.392. The van der Waals surface area contributed by atoms with E-state index in [0.717, 1.165) is 39.3 Å². The van der Waals surface area contributed by atoms with Gasteiger partial charge in [-0.2, -0.15) is 0 Å². The van der Waals surface area contributed by atoms with Crippen molar-refractivity contribution in [1.82, 2.24) is 19.9 Å². The molecular formula is C15H15ClN4OS. The molecule has 2 heterocycles. The molecule has 3 rings (SSSR count). The van der Waals surface area contributed by atoms with Crippen LogP contribution < -0.4 is 0 Å². The number of halogens is 1. The molecule has 0 unspecified atom stereocenters. The maximum absolute atomic E-state index is 5.92. The van der Waals surface area contributed by atoms with Crippen LogP contribution in [0, 0.1) is 13.8 Å². The standard InChI is InChI=1S/C15H15ClN4OS/c1-9-13(10(2)21-19-9)8-22-15-18-17-14(20(15)3)11-4-6-12(16)7-5-11/h4-7H,8H2,1-3H3. The van der Waals surface area contributed by atoms with E-state index in [1.54, 1.807) is 11.8 Å². The van der Waals surface area contributed by atoms with Gasteiger partial charge in [0.15, 0.2) is 11.0 Å². The second-order valence-corrected chi connectivity index (χ2v) is 6.34. The highest BCUT2D eigenvalue weighted by Crippen LogP contribution is 2.27. The molecule has 0 radical (unpaired) electrons. The molecular weight excluding hydrogens is 320 g/mol. The molecule has 0 bridgehead atoms. The fourth-order valence-corrected chi connectivity index (χ4v) is 3.33. The maximum Gasteiger partial charge on any atom is 0.191 e. The largest absolute Gasteiger partial charge is 0.361 e. The first kappa shape index (κ1) is 15.1. The molecule has 114 valence electrons. The van der Waals surface area contributed by atoms with E-state index in [2.05, 4.69) is 15.4 Å². The van der Waals surface area contributed by atoms with Crippen LogP contribution in [0.15, 0.2) is 33.9 Å². The maximum atomic E-state index is 5.92. The zero-order valence-electron chi connectivity index (χ0n) is 12.5. The molecule has 0 aliphatic rings. The Balaban J connectivity index is 1.80. The predicted molar refractivity (Wildman–Crippen MR) is 87.0 cm³/mol. The van der Waals surface area contributed by atoms with Crippen LogP contribution in [-0.2, 0) is 12.8 Å². The van der Waals surface area contributed by atoms with Crippen LogP contribution in [0.1, 0.15) is 17.0 Å². The van der Waals surface area contributed by atoms with Gasteiger partial charge < -0.3 is 9.09 Å². The quantitative estimate of drug-likeness (QED) is 0.674. The first-order valence-corrected chi connectivity index (χ1v) is 8.12. The zero-order chi connectivity index (χ0) is 15.7. The number of nitrogens with zero attached hydrogens (tertiary/aromatic N) is 4. The van der Waals surface area contributed by atoms with E-state index < -0.39 is 0 Å². The minimum Gasteiger partial charge on any atom is -0.361 e. The van der Waals surface area contributed by atoms with Crippen molar-refractivity contribution in [2.75, 3.05) is 0 Å². The van der Waals surface area contributed by atoms with Gasteiger partial charge in [0.2, 0.25) is 0 Å². The minimum absolute atomic E-state index is 0.707. The number of hydrogen-bond acceptors (Lipinski definition) is 5. The Morgan fingerprint density at radius 2 is 1.91 bits per heavy atom. The lowest BCUT2D eigenvalue weighted by Crippen LogP contribution is -1.95. The van der Waals surface area contributed by atoms with Gasteiger partial charge in [-0.05, 0) is 38.1 Å². The van der Waals surface area contributed by atoms with Crippen LogP contribution in [-0.4, -0.2) is 19.9 Å². The summed E-state index contributed by atoms with van der Waals surface area (Å²) in [7, 11) is 1.96. The highest BCUT2D eigenvalue weighted by Gasteiger charge is 2.14. The first-order chi connectivity index (χ1) is 10.6. The van der Waals surface area contributed by atoms with Gasteiger partial charge in [0, 0.05) is 29.0 Å². The molecule has 0 fully saturated rings. The van der Waals surface area contributed by atoms with Gasteiger partial charge >= 0.3 is 0 Å². The fraction of sp³-hybridized carbons (Fsp3) is 0.267. The fourth-order valence-electron chi connectivity index (χ4n) is 2.14. The molecule has 7 heteroatoms. The molecule has 3 aromatic rings. The van der Waals surface area contributed by atoms with Gasteiger partial charge in [-0.1, -0.05) is 28.5 Å². The second-order valence-electron chi connectivity index (χ2n) is 4.96. The zero-order valence-corrected chi connectivity index (χ0v) is 14.1. The van der Waals surface area contributed by atoms with Crippen LogP contribution >= 0.6 is 23.4 Å². The molecule has 0 aliphatic heterocycles. The van der Waals surface area contributed by atoms with E-state index in [4.69, 9.17) is 16.1 Å². The first-order valence-electron chi connectivity index (χ1n) is 6.76. The minimum atomic E-state index is 0.707. The summed E-state index contributed by atoms with van der Waals surface area (Å²) >= 11 is 7.53. The summed E-state index contributed by atoms with van der Waals surface area (Å²) in [5.41, 5.74) is 3.02. The average Bonchev–Trinajstić information content (AvgIpc) is 3.02. The number of aromatic nitrogens is 4. The predicted octanol–water partition coefficient (Wildman–Crippen LogP) is 4.03. The molecule has 22 heavy (non-hydrogen) atoms.